The van der Waals surface area contributed by atoms with E-state index in [4.69, 9.17) is 0 Å². The van der Waals surface area contributed by atoms with Crippen molar-refractivity contribution in [2.45, 2.75) is 44.3 Å². The van der Waals surface area contributed by atoms with Crippen LogP contribution in [-0.4, -0.2) is 75.3 Å². The van der Waals surface area contributed by atoms with Crippen molar-refractivity contribution < 1.29 is 28.8 Å². The maximum absolute atomic E-state index is 13.4. The van der Waals surface area contributed by atoms with Crippen molar-refractivity contribution in [1.29, 1.82) is 0 Å². The lowest BCUT2D eigenvalue weighted by molar-refractivity contribution is -0.136. The van der Waals surface area contributed by atoms with Gasteiger partial charge in [0.15, 0.2) is 0 Å². The molecule has 2 fully saturated rings. The van der Waals surface area contributed by atoms with Gasteiger partial charge in [0.05, 0.1) is 11.1 Å². The molecule has 0 aromatic heterocycles. The molecule has 206 valence electrons. The van der Waals surface area contributed by atoms with Crippen molar-refractivity contribution in [3.8, 4) is 0 Å². The van der Waals surface area contributed by atoms with Gasteiger partial charge in [0.25, 0.3) is 23.6 Å². The molecular weight excluding hydrogens is 524 g/mol. The fourth-order valence-electron chi connectivity index (χ4n) is 6.59. The Morgan fingerprint density at radius 3 is 1.98 bits per heavy atom. The standard InChI is InChI=1S/C31H26N4O6/c36-25-10-9-24(27(37)32-25)35-28(38)20-8-7-17(15-23(20)31(35)41)16-33-13-11-19(12-14-33)34-29(39)21-5-1-3-18-4-2-6-22(26(18)21)30(34)40/h1-8,15,19,24H,9-14,16H2,(H,32,36,37). The zero-order chi connectivity index (χ0) is 28.4. The third-order valence-corrected chi connectivity index (χ3v) is 8.64. The van der Waals surface area contributed by atoms with Gasteiger partial charge in [0, 0.05) is 48.6 Å². The summed E-state index contributed by atoms with van der Waals surface area (Å²) in [6, 6.07) is 15.0. The number of amides is 6. The van der Waals surface area contributed by atoms with E-state index in [1.54, 1.807) is 30.3 Å². The Morgan fingerprint density at radius 1 is 0.683 bits per heavy atom. The first-order chi connectivity index (χ1) is 19.8. The third-order valence-electron chi connectivity index (χ3n) is 8.64. The van der Waals surface area contributed by atoms with Crippen LogP contribution in [-0.2, 0) is 16.1 Å². The van der Waals surface area contributed by atoms with Crippen molar-refractivity contribution in [2.24, 2.45) is 0 Å². The summed E-state index contributed by atoms with van der Waals surface area (Å²) >= 11 is 0. The fourth-order valence-corrected chi connectivity index (χ4v) is 6.59. The number of fused-ring (bicyclic) bond motifs is 1. The van der Waals surface area contributed by atoms with E-state index >= 15 is 0 Å². The Hall–Kier alpha value is -4.70. The van der Waals surface area contributed by atoms with Crippen LogP contribution in [0.25, 0.3) is 10.8 Å². The largest absolute Gasteiger partial charge is 0.299 e. The van der Waals surface area contributed by atoms with Crippen LogP contribution in [0.1, 0.15) is 72.7 Å². The van der Waals surface area contributed by atoms with E-state index < -0.39 is 29.7 Å². The number of hydrogen-bond donors (Lipinski definition) is 1. The molecule has 3 aromatic rings. The zero-order valence-corrected chi connectivity index (χ0v) is 22.1. The van der Waals surface area contributed by atoms with E-state index in [9.17, 15) is 28.8 Å². The summed E-state index contributed by atoms with van der Waals surface area (Å²) in [5.41, 5.74) is 2.47. The maximum atomic E-state index is 13.4. The third kappa shape index (κ3) is 3.97. The van der Waals surface area contributed by atoms with Crippen molar-refractivity contribution in [2.75, 3.05) is 13.1 Å². The van der Waals surface area contributed by atoms with Crippen LogP contribution >= 0.6 is 0 Å². The number of rotatable bonds is 4. The number of likely N-dealkylation sites (tertiary alicyclic amines) is 1. The van der Waals surface area contributed by atoms with Gasteiger partial charge in [-0.25, -0.2) is 0 Å². The highest BCUT2D eigenvalue weighted by Crippen LogP contribution is 2.33. The van der Waals surface area contributed by atoms with Crippen LogP contribution in [0, 0.1) is 0 Å². The molecule has 0 aliphatic carbocycles. The first-order valence-corrected chi connectivity index (χ1v) is 13.8. The van der Waals surface area contributed by atoms with Gasteiger partial charge in [-0.2, -0.15) is 0 Å². The van der Waals surface area contributed by atoms with Gasteiger partial charge in [-0.15, -0.1) is 0 Å². The molecule has 4 aliphatic rings. The Bertz CT molecular complexity index is 1660. The van der Waals surface area contributed by atoms with Gasteiger partial charge in [-0.1, -0.05) is 30.3 Å². The lowest BCUT2D eigenvalue weighted by atomic mass is 9.91. The number of carbonyl (C=O) groups excluding carboxylic acids is 6. The predicted molar refractivity (Wildman–Crippen MR) is 146 cm³/mol. The average Bonchev–Trinajstić information content (AvgIpc) is 3.21. The number of imide groups is 3. The Morgan fingerprint density at radius 2 is 1.32 bits per heavy atom. The van der Waals surface area contributed by atoms with Crippen LogP contribution in [0.2, 0.25) is 0 Å². The second-order valence-corrected chi connectivity index (χ2v) is 11.0. The minimum absolute atomic E-state index is 0.0713. The predicted octanol–water partition coefficient (Wildman–Crippen LogP) is 2.50. The van der Waals surface area contributed by atoms with Gasteiger partial charge >= 0.3 is 0 Å². The molecule has 0 spiro atoms. The Balaban J connectivity index is 1.04. The van der Waals surface area contributed by atoms with Crippen LogP contribution < -0.4 is 5.32 Å². The smallest absolute Gasteiger partial charge is 0.262 e. The summed E-state index contributed by atoms with van der Waals surface area (Å²) in [6.07, 6.45) is 1.44. The van der Waals surface area contributed by atoms with Crippen molar-refractivity contribution in [3.05, 3.63) is 82.4 Å². The lowest BCUT2D eigenvalue weighted by Gasteiger charge is -2.39. The van der Waals surface area contributed by atoms with Crippen molar-refractivity contribution >= 4 is 46.2 Å². The number of benzene rings is 3. The Labute approximate surface area is 234 Å². The molecule has 1 unspecified atom stereocenters. The summed E-state index contributed by atoms with van der Waals surface area (Å²) in [4.78, 5) is 81.4. The SMILES string of the molecule is O=C1CCC(N2C(=O)c3ccc(CN4CCC(N5C(=O)c6cccc7cccc(c67)C5=O)CC4)cc3C2=O)C(=O)N1. The summed E-state index contributed by atoms with van der Waals surface area (Å²) < 4.78 is 0. The molecule has 10 nitrogen and oxygen atoms in total. The minimum atomic E-state index is -0.998. The molecule has 6 amide bonds. The van der Waals surface area contributed by atoms with Gasteiger partial charge in [0.2, 0.25) is 11.8 Å². The maximum Gasteiger partial charge on any atom is 0.262 e. The monoisotopic (exact) mass is 550 g/mol. The quantitative estimate of drug-likeness (QED) is 0.495. The summed E-state index contributed by atoms with van der Waals surface area (Å²) in [5.74, 6) is -2.60. The number of nitrogens with zero attached hydrogens (tertiary/aromatic N) is 3. The molecule has 4 aliphatic heterocycles. The average molecular weight is 551 g/mol. The zero-order valence-electron chi connectivity index (χ0n) is 22.1. The number of nitrogens with one attached hydrogen (secondary N) is 1. The molecule has 0 saturated carbocycles. The molecule has 10 heteroatoms. The lowest BCUT2D eigenvalue weighted by Crippen LogP contribution is -2.54. The number of piperidine rings is 2. The molecule has 0 bridgehead atoms. The summed E-state index contributed by atoms with van der Waals surface area (Å²) in [5, 5.41) is 3.81. The molecular formula is C31H26N4O6. The van der Waals surface area contributed by atoms with Crippen LogP contribution in [0.4, 0.5) is 0 Å². The second-order valence-electron chi connectivity index (χ2n) is 11.0. The van der Waals surface area contributed by atoms with Gasteiger partial charge in [-0.05, 0) is 54.5 Å². The van der Waals surface area contributed by atoms with E-state index in [1.165, 1.54) is 4.90 Å². The van der Waals surface area contributed by atoms with E-state index in [0.717, 1.165) is 21.2 Å². The second kappa shape index (κ2) is 9.45. The fraction of sp³-hybridized carbons (Fsp3) is 0.290. The molecule has 2 saturated heterocycles. The molecule has 4 heterocycles. The highest BCUT2D eigenvalue weighted by atomic mass is 16.2. The van der Waals surface area contributed by atoms with E-state index in [0.29, 0.717) is 43.6 Å². The van der Waals surface area contributed by atoms with Gasteiger partial charge in [-0.3, -0.25) is 48.8 Å². The minimum Gasteiger partial charge on any atom is -0.299 e. The Kier molecular flexibility index (Phi) is 5.83. The summed E-state index contributed by atoms with van der Waals surface area (Å²) in [6.45, 7) is 1.84. The molecule has 41 heavy (non-hydrogen) atoms. The molecule has 3 aromatic carbocycles. The molecule has 0 radical (unpaired) electrons. The van der Waals surface area contributed by atoms with Crippen LogP contribution in [0.3, 0.4) is 0 Å². The van der Waals surface area contributed by atoms with E-state index in [-0.39, 0.29) is 41.8 Å². The number of hydrogen-bond acceptors (Lipinski definition) is 7. The highest BCUT2D eigenvalue weighted by molar-refractivity contribution is 6.26. The number of carbonyl (C=O) groups is 6. The first kappa shape index (κ1) is 25.3. The van der Waals surface area contributed by atoms with E-state index in [1.807, 2.05) is 24.3 Å². The molecule has 1 atom stereocenters. The highest BCUT2D eigenvalue weighted by Gasteiger charge is 2.45. The molecule has 7 rings (SSSR count). The van der Waals surface area contributed by atoms with Gasteiger partial charge < -0.3 is 0 Å². The van der Waals surface area contributed by atoms with Crippen molar-refractivity contribution in [1.82, 2.24) is 20.0 Å². The first-order valence-electron chi connectivity index (χ1n) is 13.8. The van der Waals surface area contributed by atoms with E-state index in [2.05, 4.69) is 10.2 Å². The van der Waals surface area contributed by atoms with Gasteiger partial charge in [0.1, 0.15) is 6.04 Å². The van der Waals surface area contributed by atoms with Crippen molar-refractivity contribution in [3.63, 3.8) is 0 Å². The van der Waals surface area contributed by atoms with Crippen LogP contribution in [0.15, 0.2) is 54.6 Å². The molecule has 1 N–H and O–H groups in total. The van der Waals surface area contributed by atoms with Crippen LogP contribution in [0.5, 0.6) is 0 Å². The summed E-state index contributed by atoms with van der Waals surface area (Å²) in [7, 11) is 0. The topological polar surface area (TPSA) is 124 Å². The normalized spacial score (nSPS) is 21.6.